The van der Waals surface area contributed by atoms with E-state index in [1.54, 1.807) is 0 Å². The highest BCUT2D eigenvalue weighted by Gasteiger charge is 2.25. The van der Waals surface area contributed by atoms with Crippen LogP contribution in [0.5, 0.6) is 0 Å². The molecule has 1 fully saturated rings. The second kappa shape index (κ2) is 6.39. The molecule has 1 aliphatic carbocycles. The van der Waals surface area contributed by atoms with Crippen molar-refractivity contribution in [1.29, 1.82) is 0 Å². The van der Waals surface area contributed by atoms with Gasteiger partial charge in [-0.1, -0.05) is 27.2 Å². The molecular weight excluding hydrogens is 214 g/mol. The summed E-state index contributed by atoms with van der Waals surface area (Å²) in [5.74, 6) is 0.412. The minimum absolute atomic E-state index is 0.133. The molecule has 0 aromatic heterocycles. The number of rotatable bonds is 5. The summed E-state index contributed by atoms with van der Waals surface area (Å²) < 4.78 is 0. The van der Waals surface area contributed by atoms with Gasteiger partial charge < -0.3 is 10.4 Å². The summed E-state index contributed by atoms with van der Waals surface area (Å²) in [5.41, 5.74) is 0.307. The van der Waals surface area contributed by atoms with Crippen LogP contribution >= 0.6 is 0 Å². The van der Waals surface area contributed by atoms with Gasteiger partial charge in [-0.2, -0.15) is 0 Å². The van der Waals surface area contributed by atoms with E-state index in [-0.39, 0.29) is 17.9 Å². The molecule has 1 amide bonds. The van der Waals surface area contributed by atoms with Crippen molar-refractivity contribution in [2.24, 2.45) is 11.3 Å². The molecule has 1 rings (SSSR count). The number of amides is 1. The highest BCUT2D eigenvalue weighted by atomic mass is 16.3. The van der Waals surface area contributed by atoms with Gasteiger partial charge >= 0.3 is 0 Å². The molecule has 3 nitrogen and oxygen atoms in total. The predicted molar refractivity (Wildman–Crippen MR) is 69.7 cm³/mol. The lowest BCUT2D eigenvalue weighted by Crippen LogP contribution is -2.32. The lowest BCUT2D eigenvalue weighted by molar-refractivity contribution is -0.121. The van der Waals surface area contributed by atoms with E-state index in [4.69, 9.17) is 0 Å². The Labute approximate surface area is 105 Å². The van der Waals surface area contributed by atoms with Crippen molar-refractivity contribution in [1.82, 2.24) is 5.32 Å². The smallest absolute Gasteiger partial charge is 0.220 e. The number of aliphatic hydroxyl groups excluding tert-OH is 1. The number of nitrogens with one attached hydrogen (secondary N) is 1. The van der Waals surface area contributed by atoms with Crippen LogP contribution in [0, 0.1) is 11.3 Å². The monoisotopic (exact) mass is 241 g/mol. The van der Waals surface area contributed by atoms with Crippen LogP contribution in [0.1, 0.15) is 59.3 Å². The molecule has 100 valence electrons. The van der Waals surface area contributed by atoms with E-state index in [1.165, 1.54) is 0 Å². The minimum atomic E-state index is -0.204. The molecule has 0 saturated heterocycles. The molecule has 2 N–H and O–H groups in total. The minimum Gasteiger partial charge on any atom is -0.393 e. The molecular formula is C14H27NO2. The van der Waals surface area contributed by atoms with Gasteiger partial charge in [-0.3, -0.25) is 4.79 Å². The molecule has 0 spiro atoms. The van der Waals surface area contributed by atoms with Crippen molar-refractivity contribution in [3.05, 3.63) is 0 Å². The number of carbonyl (C=O) groups excluding carboxylic acids is 1. The maximum absolute atomic E-state index is 11.6. The van der Waals surface area contributed by atoms with Gasteiger partial charge in [0.15, 0.2) is 0 Å². The maximum atomic E-state index is 11.6. The van der Waals surface area contributed by atoms with Crippen LogP contribution in [0.25, 0.3) is 0 Å². The number of hydrogen-bond donors (Lipinski definition) is 2. The van der Waals surface area contributed by atoms with Crippen LogP contribution in [0.3, 0.4) is 0 Å². The Morgan fingerprint density at radius 1 is 1.35 bits per heavy atom. The van der Waals surface area contributed by atoms with Gasteiger partial charge in [-0.15, -0.1) is 0 Å². The summed E-state index contributed by atoms with van der Waals surface area (Å²) in [6.45, 7) is 7.23. The fourth-order valence-corrected chi connectivity index (χ4v) is 2.37. The first-order valence-corrected chi connectivity index (χ1v) is 6.83. The average molecular weight is 241 g/mol. The van der Waals surface area contributed by atoms with Gasteiger partial charge in [0.25, 0.3) is 0 Å². The van der Waals surface area contributed by atoms with E-state index in [2.05, 4.69) is 26.1 Å². The Balaban J connectivity index is 2.09. The van der Waals surface area contributed by atoms with Crippen molar-refractivity contribution in [3.8, 4) is 0 Å². The Kier molecular flexibility index (Phi) is 5.44. The van der Waals surface area contributed by atoms with E-state index in [0.717, 1.165) is 32.1 Å². The summed E-state index contributed by atoms with van der Waals surface area (Å²) in [6, 6.07) is 0. The molecule has 2 unspecified atom stereocenters. The van der Waals surface area contributed by atoms with Gasteiger partial charge in [0, 0.05) is 18.9 Å². The number of carbonyl (C=O) groups is 1. The fourth-order valence-electron chi connectivity index (χ4n) is 2.37. The molecule has 1 saturated carbocycles. The third kappa shape index (κ3) is 6.06. The summed E-state index contributed by atoms with van der Waals surface area (Å²) in [4.78, 5) is 11.6. The van der Waals surface area contributed by atoms with Gasteiger partial charge in [-0.25, -0.2) is 0 Å². The van der Waals surface area contributed by atoms with Crippen LogP contribution < -0.4 is 5.32 Å². The summed E-state index contributed by atoms with van der Waals surface area (Å²) in [5, 5.41) is 12.6. The SMILES string of the molecule is CC(C)(C)CCCC(=O)NCC1CCCC1O. The van der Waals surface area contributed by atoms with Crippen molar-refractivity contribution in [2.75, 3.05) is 6.54 Å². The Morgan fingerprint density at radius 2 is 2.06 bits per heavy atom. The molecule has 0 heterocycles. The Morgan fingerprint density at radius 3 is 2.59 bits per heavy atom. The highest BCUT2D eigenvalue weighted by molar-refractivity contribution is 5.75. The van der Waals surface area contributed by atoms with Crippen LogP contribution in [-0.4, -0.2) is 23.7 Å². The normalized spacial score (nSPS) is 24.9. The lowest BCUT2D eigenvalue weighted by Gasteiger charge is -2.18. The van der Waals surface area contributed by atoms with E-state index >= 15 is 0 Å². The van der Waals surface area contributed by atoms with Crippen molar-refractivity contribution < 1.29 is 9.90 Å². The molecule has 17 heavy (non-hydrogen) atoms. The quantitative estimate of drug-likeness (QED) is 0.777. The molecule has 2 atom stereocenters. The largest absolute Gasteiger partial charge is 0.393 e. The molecule has 3 heteroatoms. The average Bonchev–Trinajstić information content (AvgIpc) is 2.59. The summed E-state index contributed by atoms with van der Waals surface area (Å²) in [7, 11) is 0. The third-order valence-corrected chi connectivity index (χ3v) is 3.51. The third-order valence-electron chi connectivity index (χ3n) is 3.51. The maximum Gasteiger partial charge on any atom is 0.220 e. The standard InChI is InChI=1S/C14H27NO2/c1-14(2,3)9-5-8-13(17)15-10-11-6-4-7-12(11)16/h11-12,16H,4-10H2,1-3H3,(H,15,17). The van der Waals surface area contributed by atoms with Gasteiger partial charge in [0.2, 0.25) is 5.91 Å². The van der Waals surface area contributed by atoms with E-state index in [1.807, 2.05) is 0 Å². The first-order chi connectivity index (χ1) is 7.88. The fraction of sp³-hybridized carbons (Fsp3) is 0.929. The first-order valence-electron chi connectivity index (χ1n) is 6.83. The van der Waals surface area contributed by atoms with Crippen molar-refractivity contribution >= 4 is 5.91 Å². The van der Waals surface area contributed by atoms with Crippen molar-refractivity contribution in [2.45, 2.75) is 65.4 Å². The second-order valence-corrected chi connectivity index (χ2v) is 6.48. The summed E-state index contributed by atoms with van der Waals surface area (Å²) in [6.07, 6.45) is 5.46. The molecule has 0 radical (unpaired) electrons. The molecule has 0 aromatic rings. The van der Waals surface area contributed by atoms with Gasteiger partial charge in [-0.05, 0) is 31.1 Å². The number of aliphatic hydroxyl groups is 1. The molecule has 0 bridgehead atoms. The van der Waals surface area contributed by atoms with Crippen LogP contribution in [0.2, 0.25) is 0 Å². The van der Waals surface area contributed by atoms with E-state index < -0.39 is 0 Å². The van der Waals surface area contributed by atoms with Gasteiger partial charge in [0.05, 0.1) is 6.10 Å². The first kappa shape index (κ1) is 14.5. The molecule has 0 aromatic carbocycles. The van der Waals surface area contributed by atoms with Crippen LogP contribution in [-0.2, 0) is 4.79 Å². The van der Waals surface area contributed by atoms with E-state index in [0.29, 0.717) is 18.4 Å². The zero-order valence-electron chi connectivity index (χ0n) is 11.5. The molecule has 0 aliphatic heterocycles. The molecule has 1 aliphatic rings. The highest BCUT2D eigenvalue weighted by Crippen LogP contribution is 2.25. The van der Waals surface area contributed by atoms with Gasteiger partial charge in [0.1, 0.15) is 0 Å². The topological polar surface area (TPSA) is 49.3 Å². The van der Waals surface area contributed by atoms with Crippen LogP contribution in [0.4, 0.5) is 0 Å². The zero-order valence-corrected chi connectivity index (χ0v) is 11.5. The summed E-state index contributed by atoms with van der Waals surface area (Å²) >= 11 is 0. The number of hydrogen-bond acceptors (Lipinski definition) is 2. The van der Waals surface area contributed by atoms with E-state index in [9.17, 15) is 9.90 Å². The predicted octanol–water partition coefficient (Wildman–Crippen LogP) is 2.48. The zero-order chi connectivity index (χ0) is 12.9. The van der Waals surface area contributed by atoms with Crippen molar-refractivity contribution in [3.63, 3.8) is 0 Å². The Hall–Kier alpha value is -0.570. The second-order valence-electron chi connectivity index (χ2n) is 6.48. The Bertz CT molecular complexity index is 245. The lowest BCUT2D eigenvalue weighted by atomic mass is 9.90. The van der Waals surface area contributed by atoms with Crippen LogP contribution in [0.15, 0.2) is 0 Å².